The van der Waals surface area contributed by atoms with Gasteiger partial charge in [-0.25, -0.2) is 19.2 Å². The number of esters is 1. The second-order valence-electron chi connectivity index (χ2n) is 6.46. The van der Waals surface area contributed by atoms with Gasteiger partial charge < -0.3 is 9.72 Å². The van der Waals surface area contributed by atoms with Crippen LogP contribution in [0.5, 0.6) is 0 Å². The molecule has 2 aromatic heterocycles. The molecule has 0 bridgehead atoms. The van der Waals surface area contributed by atoms with Crippen molar-refractivity contribution in [2.75, 3.05) is 0 Å². The van der Waals surface area contributed by atoms with Crippen molar-refractivity contribution in [3.05, 3.63) is 81.1 Å². The van der Waals surface area contributed by atoms with Crippen LogP contribution >= 0.6 is 11.3 Å². The van der Waals surface area contributed by atoms with Gasteiger partial charge in [0.05, 0.1) is 16.6 Å². The zero-order valence-electron chi connectivity index (χ0n) is 15.6. The number of nitrogens with zero attached hydrogens (tertiary/aromatic N) is 2. The summed E-state index contributed by atoms with van der Waals surface area (Å²) in [6.45, 7) is 3.35. The maximum absolute atomic E-state index is 13.1. The van der Waals surface area contributed by atoms with E-state index in [0.29, 0.717) is 32.0 Å². The fourth-order valence-corrected chi connectivity index (χ4v) is 3.82. The lowest BCUT2D eigenvalue weighted by molar-refractivity contribution is 0.0325. The Kier molecular flexibility index (Phi) is 4.94. The number of carbonyl (C=O) groups is 1. The molecule has 0 aliphatic rings. The molecular formula is C21H16FN3O3S. The number of aryl methyl sites for hydroxylation is 1. The largest absolute Gasteiger partial charge is 0.450 e. The summed E-state index contributed by atoms with van der Waals surface area (Å²) in [6, 6.07) is 12.8. The molecule has 0 saturated heterocycles. The number of ether oxygens (including phenoxy) is 1. The first-order chi connectivity index (χ1) is 13.9. The number of H-pyrrole nitrogens is 1. The van der Waals surface area contributed by atoms with E-state index < -0.39 is 12.1 Å². The van der Waals surface area contributed by atoms with Crippen molar-refractivity contribution < 1.29 is 13.9 Å². The number of thiazole rings is 1. The molecule has 0 radical (unpaired) electrons. The molecule has 8 heteroatoms. The molecule has 0 aliphatic carbocycles. The summed E-state index contributed by atoms with van der Waals surface area (Å²) in [6.07, 6.45) is -0.754. The van der Waals surface area contributed by atoms with Gasteiger partial charge in [-0.3, -0.25) is 4.79 Å². The molecule has 6 nitrogen and oxygen atoms in total. The Hall–Kier alpha value is -3.39. The van der Waals surface area contributed by atoms with Crippen LogP contribution in [0.2, 0.25) is 0 Å². The quantitative estimate of drug-likeness (QED) is 0.505. The lowest BCUT2D eigenvalue weighted by Gasteiger charge is -2.12. The van der Waals surface area contributed by atoms with Crippen LogP contribution < -0.4 is 5.56 Å². The Balaban J connectivity index is 1.58. The van der Waals surface area contributed by atoms with E-state index in [1.807, 2.05) is 0 Å². The van der Waals surface area contributed by atoms with Crippen molar-refractivity contribution in [1.29, 1.82) is 0 Å². The third-order valence-electron chi connectivity index (χ3n) is 4.37. The van der Waals surface area contributed by atoms with Crippen LogP contribution in [-0.4, -0.2) is 20.9 Å². The molecule has 4 aromatic rings. The number of benzene rings is 2. The average Bonchev–Trinajstić information content (AvgIpc) is 3.10. The first-order valence-electron chi connectivity index (χ1n) is 8.85. The number of aromatic nitrogens is 3. The zero-order valence-corrected chi connectivity index (χ0v) is 16.4. The minimum atomic E-state index is -0.754. The highest BCUT2D eigenvalue weighted by Gasteiger charge is 2.22. The van der Waals surface area contributed by atoms with E-state index in [2.05, 4.69) is 15.0 Å². The van der Waals surface area contributed by atoms with Gasteiger partial charge in [-0.2, -0.15) is 0 Å². The van der Waals surface area contributed by atoms with Gasteiger partial charge in [-0.1, -0.05) is 12.1 Å². The Morgan fingerprint density at radius 1 is 1.14 bits per heavy atom. The minimum Gasteiger partial charge on any atom is -0.450 e. The molecule has 146 valence electrons. The van der Waals surface area contributed by atoms with Gasteiger partial charge in [0.1, 0.15) is 15.7 Å². The van der Waals surface area contributed by atoms with E-state index in [9.17, 15) is 14.0 Å². The molecule has 0 amide bonds. The van der Waals surface area contributed by atoms with E-state index in [-0.39, 0.29) is 17.2 Å². The van der Waals surface area contributed by atoms with Gasteiger partial charge in [0.2, 0.25) is 0 Å². The number of nitrogens with one attached hydrogen (secondary N) is 1. The van der Waals surface area contributed by atoms with E-state index >= 15 is 0 Å². The van der Waals surface area contributed by atoms with Crippen molar-refractivity contribution in [2.45, 2.75) is 20.0 Å². The molecule has 0 spiro atoms. The predicted molar refractivity (Wildman–Crippen MR) is 108 cm³/mol. The number of hydrogen-bond acceptors (Lipinski definition) is 6. The van der Waals surface area contributed by atoms with Gasteiger partial charge in [-0.15, -0.1) is 11.3 Å². The van der Waals surface area contributed by atoms with E-state index in [0.717, 1.165) is 0 Å². The molecule has 2 heterocycles. The summed E-state index contributed by atoms with van der Waals surface area (Å²) >= 11 is 1.17. The fourth-order valence-electron chi connectivity index (χ4n) is 2.87. The number of hydrogen-bond donors (Lipinski definition) is 1. The van der Waals surface area contributed by atoms with Crippen LogP contribution in [0.15, 0.2) is 53.3 Å². The Labute approximate surface area is 169 Å². The van der Waals surface area contributed by atoms with Gasteiger partial charge in [0.15, 0.2) is 11.9 Å². The van der Waals surface area contributed by atoms with Crippen LogP contribution in [0.4, 0.5) is 4.39 Å². The SMILES string of the molecule is Cc1nc(-c2ccc(F)cc2)sc1C(=O)O[C@H](C)c1nc2ccccc2c(=O)[nH]1. The van der Waals surface area contributed by atoms with Gasteiger partial charge in [-0.05, 0) is 50.2 Å². The van der Waals surface area contributed by atoms with Crippen molar-refractivity contribution >= 4 is 28.2 Å². The van der Waals surface area contributed by atoms with Crippen LogP contribution in [0.1, 0.15) is 34.2 Å². The van der Waals surface area contributed by atoms with E-state index in [1.54, 1.807) is 50.2 Å². The highest BCUT2D eigenvalue weighted by atomic mass is 32.1. The highest BCUT2D eigenvalue weighted by molar-refractivity contribution is 7.17. The first-order valence-corrected chi connectivity index (χ1v) is 9.67. The number of fused-ring (bicyclic) bond motifs is 1. The molecule has 29 heavy (non-hydrogen) atoms. The number of carbonyl (C=O) groups excluding carboxylic acids is 1. The van der Waals surface area contributed by atoms with E-state index in [1.165, 1.54) is 23.5 Å². The first kappa shape index (κ1) is 18.9. The molecule has 0 unspecified atom stereocenters. The maximum Gasteiger partial charge on any atom is 0.350 e. The summed E-state index contributed by atoms with van der Waals surface area (Å²) in [5.41, 5.74) is 1.47. The number of aromatic amines is 1. The highest BCUT2D eigenvalue weighted by Crippen LogP contribution is 2.29. The standard InChI is InChI=1S/C21H16FN3O3S/c1-11-17(29-20(23-11)13-7-9-14(22)10-8-13)21(27)28-12(2)18-24-16-6-4-3-5-15(16)19(26)25-18/h3-10,12H,1-2H3,(H,24,25,26)/t12-/m1/s1. The van der Waals surface area contributed by atoms with Gasteiger partial charge >= 0.3 is 5.97 Å². The zero-order chi connectivity index (χ0) is 20.5. The normalized spacial score (nSPS) is 12.1. The fraction of sp³-hybridized carbons (Fsp3) is 0.143. The summed E-state index contributed by atoms with van der Waals surface area (Å²) in [5.74, 6) is -0.632. The van der Waals surface area contributed by atoms with Crippen molar-refractivity contribution in [3.63, 3.8) is 0 Å². The summed E-state index contributed by atoms with van der Waals surface area (Å²) in [5, 5.41) is 1.07. The molecule has 4 rings (SSSR count). The van der Waals surface area contributed by atoms with Crippen LogP contribution in [0.25, 0.3) is 21.5 Å². The second kappa shape index (κ2) is 7.56. The minimum absolute atomic E-state index is 0.267. The molecular weight excluding hydrogens is 393 g/mol. The van der Waals surface area contributed by atoms with Crippen LogP contribution in [0.3, 0.4) is 0 Å². The third-order valence-corrected chi connectivity index (χ3v) is 5.56. The maximum atomic E-state index is 13.1. The van der Waals surface area contributed by atoms with Gasteiger partial charge in [0, 0.05) is 5.56 Å². The topological polar surface area (TPSA) is 84.9 Å². The molecule has 0 saturated carbocycles. The molecule has 0 fully saturated rings. The number of rotatable bonds is 4. The van der Waals surface area contributed by atoms with Crippen LogP contribution in [-0.2, 0) is 4.74 Å². The van der Waals surface area contributed by atoms with Gasteiger partial charge in [0.25, 0.3) is 5.56 Å². The molecule has 0 aliphatic heterocycles. The summed E-state index contributed by atoms with van der Waals surface area (Å²) < 4.78 is 18.6. The summed E-state index contributed by atoms with van der Waals surface area (Å²) in [7, 11) is 0. The molecule has 1 atom stereocenters. The number of halogens is 1. The Morgan fingerprint density at radius 2 is 1.86 bits per heavy atom. The van der Waals surface area contributed by atoms with Crippen molar-refractivity contribution in [3.8, 4) is 10.6 Å². The van der Waals surface area contributed by atoms with E-state index in [4.69, 9.17) is 4.74 Å². The smallest absolute Gasteiger partial charge is 0.350 e. The van der Waals surface area contributed by atoms with Crippen molar-refractivity contribution in [2.24, 2.45) is 0 Å². The second-order valence-corrected chi connectivity index (χ2v) is 7.46. The third kappa shape index (κ3) is 3.79. The predicted octanol–water partition coefficient (Wildman–Crippen LogP) is 4.41. The lowest BCUT2D eigenvalue weighted by atomic mass is 10.2. The molecule has 1 N–H and O–H groups in total. The Bertz CT molecular complexity index is 1260. The van der Waals surface area contributed by atoms with Crippen LogP contribution in [0, 0.1) is 12.7 Å². The Morgan fingerprint density at radius 3 is 2.62 bits per heavy atom. The summed E-state index contributed by atoms with van der Waals surface area (Å²) in [4.78, 5) is 36.7. The monoisotopic (exact) mass is 409 g/mol. The van der Waals surface area contributed by atoms with Crippen molar-refractivity contribution in [1.82, 2.24) is 15.0 Å². The molecule has 2 aromatic carbocycles. The average molecular weight is 409 g/mol. The lowest BCUT2D eigenvalue weighted by Crippen LogP contribution is -2.17. The number of para-hydroxylation sites is 1.